The van der Waals surface area contributed by atoms with Crippen LogP contribution in [0.15, 0.2) is 0 Å². The molecule has 1 saturated carbocycles. The molecule has 2 fully saturated rings. The Morgan fingerprint density at radius 3 is 1.62 bits per heavy atom. The van der Waals surface area contributed by atoms with Crippen molar-refractivity contribution in [2.45, 2.75) is 77.5 Å². The first kappa shape index (κ1) is 12.5. The van der Waals surface area contributed by atoms with E-state index in [1.807, 2.05) is 0 Å². The van der Waals surface area contributed by atoms with Crippen molar-refractivity contribution in [3.63, 3.8) is 0 Å². The molecule has 1 saturated heterocycles. The van der Waals surface area contributed by atoms with Gasteiger partial charge in [0, 0.05) is 0 Å². The van der Waals surface area contributed by atoms with E-state index in [2.05, 4.69) is 37.0 Å². The van der Waals surface area contributed by atoms with Crippen molar-refractivity contribution in [1.29, 1.82) is 0 Å². The molecular formula is C12H24N2OP+. The quantitative estimate of drug-likeness (QED) is 0.694. The second-order valence-corrected chi connectivity index (χ2v) is 7.05. The molecule has 2 rings (SSSR count). The lowest BCUT2D eigenvalue weighted by Gasteiger charge is -2.28. The maximum Gasteiger partial charge on any atom is 0.538 e. The van der Waals surface area contributed by atoms with Crippen LogP contribution in [-0.4, -0.2) is 33.5 Å². The van der Waals surface area contributed by atoms with Gasteiger partial charge in [0.1, 0.15) is 0 Å². The highest BCUT2D eigenvalue weighted by Gasteiger charge is 2.59. The maximum atomic E-state index is 12.6. The van der Waals surface area contributed by atoms with Gasteiger partial charge in [-0.15, -0.1) is 0 Å². The van der Waals surface area contributed by atoms with Crippen LogP contribution in [0.1, 0.15) is 53.4 Å². The average Bonchev–Trinajstić information content (AvgIpc) is 2.49. The minimum absolute atomic E-state index is 0.401. The van der Waals surface area contributed by atoms with Crippen LogP contribution in [0.25, 0.3) is 0 Å². The Balaban J connectivity index is 2.26. The Labute approximate surface area is 100 Å². The van der Waals surface area contributed by atoms with Gasteiger partial charge in [-0.3, -0.25) is 0 Å². The molecule has 0 spiro atoms. The van der Waals surface area contributed by atoms with E-state index in [1.165, 1.54) is 25.7 Å². The summed E-state index contributed by atoms with van der Waals surface area (Å²) in [5.74, 6) is 0. The largest absolute Gasteiger partial charge is 0.538 e. The van der Waals surface area contributed by atoms with Gasteiger partial charge in [0.25, 0.3) is 0 Å². The average molecular weight is 243 g/mol. The summed E-state index contributed by atoms with van der Waals surface area (Å²) >= 11 is 0. The molecule has 0 amide bonds. The van der Waals surface area contributed by atoms with E-state index in [1.54, 1.807) is 0 Å². The molecule has 16 heavy (non-hydrogen) atoms. The van der Waals surface area contributed by atoms with E-state index in [4.69, 9.17) is 0 Å². The molecule has 2 unspecified atom stereocenters. The topological polar surface area (TPSA) is 23.6 Å². The van der Waals surface area contributed by atoms with Crippen LogP contribution in [0.4, 0.5) is 0 Å². The summed E-state index contributed by atoms with van der Waals surface area (Å²) in [5, 5.41) is 0. The molecule has 2 atom stereocenters. The molecule has 1 heterocycles. The first-order valence-corrected chi connectivity index (χ1v) is 7.74. The summed E-state index contributed by atoms with van der Waals surface area (Å²) in [5.41, 5.74) is 0. The van der Waals surface area contributed by atoms with Crippen LogP contribution in [-0.2, 0) is 4.57 Å². The number of nitrogens with zero attached hydrogens (tertiary/aromatic N) is 2. The first-order valence-electron chi connectivity index (χ1n) is 6.57. The van der Waals surface area contributed by atoms with E-state index in [-0.39, 0.29) is 0 Å². The van der Waals surface area contributed by atoms with Crippen LogP contribution in [0, 0.1) is 0 Å². The van der Waals surface area contributed by atoms with Gasteiger partial charge in [0.15, 0.2) is 0 Å². The number of hydrogen-bond acceptors (Lipinski definition) is 1. The molecule has 92 valence electrons. The fraction of sp³-hybridized carbons (Fsp3) is 1.00. The molecule has 1 aliphatic carbocycles. The smallest absolute Gasteiger partial charge is 0.0717 e. The summed E-state index contributed by atoms with van der Waals surface area (Å²) in [4.78, 5) is 0. The third-order valence-corrected chi connectivity index (χ3v) is 6.13. The molecule has 4 heteroatoms. The van der Waals surface area contributed by atoms with Crippen molar-refractivity contribution in [3.8, 4) is 0 Å². The Morgan fingerprint density at radius 2 is 1.31 bits per heavy atom. The van der Waals surface area contributed by atoms with Gasteiger partial charge < -0.3 is 0 Å². The van der Waals surface area contributed by atoms with Gasteiger partial charge in [-0.2, -0.15) is 0 Å². The van der Waals surface area contributed by atoms with Crippen molar-refractivity contribution < 1.29 is 4.57 Å². The summed E-state index contributed by atoms with van der Waals surface area (Å²) in [7, 11) is -1.30. The van der Waals surface area contributed by atoms with E-state index in [9.17, 15) is 4.57 Å². The third kappa shape index (κ3) is 1.94. The van der Waals surface area contributed by atoms with Gasteiger partial charge in [-0.25, -0.2) is 0 Å². The predicted molar refractivity (Wildman–Crippen MR) is 67.6 cm³/mol. The Bertz CT molecular complexity index is 254. The standard InChI is InChI=1S/C12H24N2OP/c1-9(2)13-11-7-5-6-8-12(11)14(10(3)4)16(13)15/h9-12H,5-8H2,1-4H3/q+1. The van der Waals surface area contributed by atoms with Crippen LogP contribution in [0.5, 0.6) is 0 Å². The second kappa shape index (κ2) is 4.72. The van der Waals surface area contributed by atoms with Crippen LogP contribution >= 0.6 is 8.10 Å². The minimum atomic E-state index is -1.30. The molecule has 0 bridgehead atoms. The van der Waals surface area contributed by atoms with Gasteiger partial charge in [0.2, 0.25) is 0 Å². The van der Waals surface area contributed by atoms with E-state index in [0.717, 1.165) is 0 Å². The molecule has 1 aliphatic heterocycles. The third-order valence-electron chi connectivity index (χ3n) is 3.83. The normalized spacial score (nSPS) is 35.0. The number of hydrogen-bond donors (Lipinski definition) is 0. The minimum Gasteiger partial charge on any atom is -0.0717 e. The molecular weight excluding hydrogens is 219 g/mol. The monoisotopic (exact) mass is 243 g/mol. The first-order chi connectivity index (χ1) is 7.54. The molecule has 0 aromatic heterocycles. The zero-order chi connectivity index (χ0) is 11.9. The fourth-order valence-corrected chi connectivity index (χ4v) is 5.32. The predicted octanol–water partition coefficient (Wildman–Crippen LogP) is 3.39. The Kier molecular flexibility index (Phi) is 3.68. The lowest BCUT2D eigenvalue weighted by molar-refractivity contribution is 0.173. The zero-order valence-electron chi connectivity index (χ0n) is 10.9. The summed E-state index contributed by atoms with van der Waals surface area (Å²) in [6, 6.07) is 1.88. The van der Waals surface area contributed by atoms with Crippen molar-refractivity contribution in [3.05, 3.63) is 0 Å². The number of rotatable bonds is 2. The molecule has 2 aliphatic rings. The molecule has 0 radical (unpaired) electrons. The summed E-state index contributed by atoms with van der Waals surface area (Å²) in [6.07, 6.45) is 5.07. The van der Waals surface area contributed by atoms with Crippen molar-refractivity contribution in [1.82, 2.24) is 9.34 Å². The maximum absolute atomic E-state index is 12.6. The van der Waals surface area contributed by atoms with Gasteiger partial charge in [0.05, 0.1) is 24.2 Å². The highest BCUT2D eigenvalue weighted by molar-refractivity contribution is 7.39. The van der Waals surface area contributed by atoms with Crippen LogP contribution in [0.2, 0.25) is 0 Å². The van der Waals surface area contributed by atoms with Crippen molar-refractivity contribution in [2.75, 3.05) is 0 Å². The zero-order valence-corrected chi connectivity index (χ0v) is 11.8. The Hall–Kier alpha value is 0.0200. The van der Waals surface area contributed by atoms with E-state index < -0.39 is 8.10 Å². The lowest BCUT2D eigenvalue weighted by Crippen LogP contribution is -2.43. The molecule has 0 aromatic carbocycles. The second-order valence-electron chi connectivity index (χ2n) is 5.62. The molecule has 0 N–H and O–H groups in total. The Morgan fingerprint density at radius 1 is 0.938 bits per heavy atom. The van der Waals surface area contributed by atoms with E-state index in [0.29, 0.717) is 24.2 Å². The number of fused-ring (bicyclic) bond motifs is 1. The highest BCUT2D eigenvalue weighted by atomic mass is 31.1. The summed E-state index contributed by atoms with van der Waals surface area (Å²) in [6.45, 7) is 8.68. The highest BCUT2D eigenvalue weighted by Crippen LogP contribution is 2.51. The van der Waals surface area contributed by atoms with Crippen LogP contribution < -0.4 is 0 Å². The van der Waals surface area contributed by atoms with Gasteiger partial charge in [-0.1, -0.05) is 22.2 Å². The van der Waals surface area contributed by atoms with Gasteiger partial charge >= 0.3 is 8.10 Å². The SMILES string of the molecule is CC(C)N1C2CCCCC2N(C(C)C)[P+]1=O. The molecule has 0 aromatic rings. The van der Waals surface area contributed by atoms with Crippen molar-refractivity contribution in [2.24, 2.45) is 0 Å². The van der Waals surface area contributed by atoms with Crippen LogP contribution in [0.3, 0.4) is 0 Å². The fourth-order valence-electron chi connectivity index (χ4n) is 3.24. The van der Waals surface area contributed by atoms with E-state index >= 15 is 0 Å². The van der Waals surface area contributed by atoms with Crippen molar-refractivity contribution >= 4 is 8.10 Å². The molecule has 3 nitrogen and oxygen atoms in total. The lowest BCUT2D eigenvalue weighted by atomic mass is 9.89. The van der Waals surface area contributed by atoms with Gasteiger partial charge in [-0.05, 0) is 45.1 Å². The summed E-state index contributed by atoms with van der Waals surface area (Å²) < 4.78 is 17.1.